The highest BCUT2D eigenvalue weighted by Crippen LogP contribution is 2.36. The van der Waals surface area contributed by atoms with Gasteiger partial charge in [0.2, 0.25) is 5.95 Å². The van der Waals surface area contributed by atoms with Gasteiger partial charge in [-0.15, -0.1) is 0 Å². The number of benzene rings is 1. The van der Waals surface area contributed by atoms with Crippen molar-refractivity contribution in [2.24, 2.45) is 0 Å². The van der Waals surface area contributed by atoms with Crippen LogP contribution in [0.15, 0.2) is 30.5 Å². The molecule has 3 aromatic rings. The Kier molecular flexibility index (Phi) is 2.73. The van der Waals surface area contributed by atoms with Gasteiger partial charge in [-0.1, -0.05) is 18.2 Å². The second kappa shape index (κ2) is 4.73. The molecule has 6 heteroatoms. The van der Waals surface area contributed by atoms with Crippen molar-refractivity contribution in [1.29, 1.82) is 0 Å². The first-order valence-electron chi connectivity index (χ1n) is 7.17. The Morgan fingerprint density at radius 1 is 1.29 bits per heavy atom. The molecule has 1 aliphatic rings. The van der Waals surface area contributed by atoms with E-state index in [0.717, 1.165) is 36.4 Å². The molecule has 6 nitrogen and oxygen atoms in total. The molecule has 0 spiro atoms. The predicted molar refractivity (Wildman–Crippen MR) is 83.0 cm³/mol. The van der Waals surface area contributed by atoms with Gasteiger partial charge in [-0.05, 0) is 25.0 Å². The van der Waals surface area contributed by atoms with E-state index in [2.05, 4.69) is 54.6 Å². The Morgan fingerprint density at radius 3 is 3.10 bits per heavy atom. The van der Waals surface area contributed by atoms with Crippen molar-refractivity contribution >= 4 is 28.5 Å². The second-order valence-electron chi connectivity index (χ2n) is 5.06. The third-order valence-electron chi connectivity index (χ3n) is 3.77. The van der Waals surface area contributed by atoms with Gasteiger partial charge in [0.05, 0.1) is 11.6 Å². The standard InChI is InChI=1S/C15H16N6/c1-2-16-15-18-13-11(9-17-20-13)14(19-15)21-8-7-10-5-3-4-6-12(10)21/h3-6,9H,2,7-8H2,1H3,(H2,16,17,18,19,20). The smallest absolute Gasteiger partial charge is 0.226 e. The average molecular weight is 280 g/mol. The molecule has 106 valence electrons. The number of para-hydroxylation sites is 1. The summed E-state index contributed by atoms with van der Waals surface area (Å²) in [5.74, 6) is 1.54. The fraction of sp³-hybridized carbons (Fsp3) is 0.267. The van der Waals surface area contributed by atoms with Gasteiger partial charge in [-0.25, -0.2) is 0 Å². The quantitative estimate of drug-likeness (QED) is 0.771. The lowest BCUT2D eigenvalue weighted by Gasteiger charge is -2.19. The molecule has 0 unspecified atom stereocenters. The summed E-state index contributed by atoms with van der Waals surface area (Å²) in [5, 5.41) is 11.2. The van der Waals surface area contributed by atoms with E-state index in [-0.39, 0.29) is 0 Å². The SMILES string of the molecule is CCNc1nc(N2CCc3ccccc32)c2cn[nH]c2n1. The number of hydrogen-bond acceptors (Lipinski definition) is 5. The Morgan fingerprint density at radius 2 is 2.19 bits per heavy atom. The number of nitrogens with one attached hydrogen (secondary N) is 2. The highest BCUT2D eigenvalue weighted by atomic mass is 15.3. The van der Waals surface area contributed by atoms with Crippen molar-refractivity contribution in [2.75, 3.05) is 23.3 Å². The molecule has 0 aliphatic carbocycles. The zero-order chi connectivity index (χ0) is 14.2. The van der Waals surface area contributed by atoms with Crippen molar-refractivity contribution in [1.82, 2.24) is 20.2 Å². The van der Waals surface area contributed by atoms with E-state index in [1.165, 1.54) is 11.3 Å². The molecular weight excluding hydrogens is 264 g/mol. The summed E-state index contributed by atoms with van der Waals surface area (Å²) < 4.78 is 0. The van der Waals surface area contributed by atoms with Gasteiger partial charge in [0, 0.05) is 18.8 Å². The first-order valence-corrected chi connectivity index (χ1v) is 7.17. The Bertz CT molecular complexity index is 794. The lowest BCUT2D eigenvalue weighted by Crippen LogP contribution is -2.16. The minimum atomic E-state index is 0.633. The monoisotopic (exact) mass is 280 g/mol. The number of H-pyrrole nitrogens is 1. The van der Waals surface area contributed by atoms with Crippen LogP contribution in [0.1, 0.15) is 12.5 Å². The fourth-order valence-electron chi connectivity index (χ4n) is 2.82. The maximum absolute atomic E-state index is 4.69. The molecule has 0 radical (unpaired) electrons. The third kappa shape index (κ3) is 1.91. The van der Waals surface area contributed by atoms with Crippen molar-refractivity contribution in [3.8, 4) is 0 Å². The van der Waals surface area contributed by atoms with Crippen LogP contribution >= 0.6 is 0 Å². The van der Waals surface area contributed by atoms with Crippen LogP contribution in [0.5, 0.6) is 0 Å². The first-order chi connectivity index (χ1) is 10.4. The van der Waals surface area contributed by atoms with Gasteiger partial charge in [0.1, 0.15) is 5.82 Å². The third-order valence-corrected chi connectivity index (χ3v) is 3.77. The fourth-order valence-corrected chi connectivity index (χ4v) is 2.82. The van der Waals surface area contributed by atoms with E-state index in [1.54, 1.807) is 6.20 Å². The van der Waals surface area contributed by atoms with Crippen LogP contribution in [0.3, 0.4) is 0 Å². The first kappa shape index (κ1) is 12.1. The Hall–Kier alpha value is -2.63. The van der Waals surface area contributed by atoms with Crippen LogP contribution in [0.25, 0.3) is 11.0 Å². The van der Waals surface area contributed by atoms with E-state index in [0.29, 0.717) is 5.95 Å². The molecule has 3 heterocycles. The van der Waals surface area contributed by atoms with Crippen LogP contribution in [-0.4, -0.2) is 33.3 Å². The molecule has 21 heavy (non-hydrogen) atoms. The number of anilines is 3. The van der Waals surface area contributed by atoms with Crippen LogP contribution in [0.2, 0.25) is 0 Å². The molecule has 2 N–H and O–H groups in total. The van der Waals surface area contributed by atoms with E-state index in [9.17, 15) is 0 Å². The lowest BCUT2D eigenvalue weighted by molar-refractivity contribution is 0.971. The maximum atomic E-state index is 4.69. The van der Waals surface area contributed by atoms with Crippen molar-refractivity contribution in [3.05, 3.63) is 36.0 Å². The molecular formula is C15H16N6. The lowest BCUT2D eigenvalue weighted by atomic mass is 10.2. The van der Waals surface area contributed by atoms with E-state index in [1.807, 2.05) is 6.92 Å². The molecule has 4 rings (SSSR count). The van der Waals surface area contributed by atoms with Crippen LogP contribution < -0.4 is 10.2 Å². The minimum Gasteiger partial charge on any atom is -0.354 e. The van der Waals surface area contributed by atoms with Crippen molar-refractivity contribution in [2.45, 2.75) is 13.3 Å². The summed E-state index contributed by atoms with van der Waals surface area (Å²) >= 11 is 0. The average Bonchev–Trinajstić information content (AvgIpc) is 3.13. The summed E-state index contributed by atoms with van der Waals surface area (Å²) in [7, 11) is 0. The molecule has 0 amide bonds. The molecule has 0 fully saturated rings. The number of nitrogens with zero attached hydrogens (tertiary/aromatic N) is 4. The van der Waals surface area contributed by atoms with Gasteiger partial charge in [0.15, 0.2) is 5.65 Å². The molecule has 0 saturated heterocycles. The second-order valence-corrected chi connectivity index (χ2v) is 5.06. The maximum Gasteiger partial charge on any atom is 0.226 e. The number of hydrogen-bond donors (Lipinski definition) is 2. The van der Waals surface area contributed by atoms with Gasteiger partial charge in [0.25, 0.3) is 0 Å². The summed E-state index contributed by atoms with van der Waals surface area (Å²) in [6.45, 7) is 3.75. The number of aromatic nitrogens is 4. The number of rotatable bonds is 3. The van der Waals surface area contributed by atoms with Gasteiger partial charge in [-0.2, -0.15) is 15.1 Å². The van der Waals surface area contributed by atoms with Crippen molar-refractivity contribution < 1.29 is 0 Å². The zero-order valence-electron chi connectivity index (χ0n) is 11.8. The molecule has 0 saturated carbocycles. The zero-order valence-corrected chi connectivity index (χ0v) is 11.8. The predicted octanol–water partition coefficient (Wildman–Crippen LogP) is 2.48. The van der Waals surface area contributed by atoms with Crippen LogP contribution in [0.4, 0.5) is 17.5 Å². The molecule has 0 bridgehead atoms. The van der Waals surface area contributed by atoms with Crippen LogP contribution in [-0.2, 0) is 6.42 Å². The van der Waals surface area contributed by atoms with Crippen LogP contribution in [0, 0.1) is 0 Å². The summed E-state index contributed by atoms with van der Waals surface area (Å²) in [6, 6.07) is 8.47. The van der Waals surface area contributed by atoms with Gasteiger partial charge < -0.3 is 10.2 Å². The van der Waals surface area contributed by atoms with E-state index < -0.39 is 0 Å². The molecule has 1 aromatic carbocycles. The number of aromatic amines is 1. The molecule has 0 atom stereocenters. The number of fused-ring (bicyclic) bond motifs is 2. The minimum absolute atomic E-state index is 0.633. The largest absolute Gasteiger partial charge is 0.354 e. The highest BCUT2D eigenvalue weighted by molar-refractivity contribution is 5.91. The van der Waals surface area contributed by atoms with Crippen molar-refractivity contribution in [3.63, 3.8) is 0 Å². The van der Waals surface area contributed by atoms with E-state index in [4.69, 9.17) is 0 Å². The molecule has 1 aliphatic heterocycles. The summed E-state index contributed by atoms with van der Waals surface area (Å²) in [5.41, 5.74) is 3.35. The summed E-state index contributed by atoms with van der Waals surface area (Å²) in [6.07, 6.45) is 2.83. The molecule has 2 aromatic heterocycles. The normalized spacial score (nSPS) is 13.7. The van der Waals surface area contributed by atoms with Gasteiger partial charge in [-0.3, -0.25) is 5.10 Å². The Labute approximate surface area is 122 Å². The Balaban J connectivity index is 1.88. The highest BCUT2D eigenvalue weighted by Gasteiger charge is 2.24. The topological polar surface area (TPSA) is 69.7 Å². The van der Waals surface area contributed by atoms with E-state index >= 15 is 0 Å². The summed E-state index contributed by atoms with van der Waals surface area (Å²) in [4.78, 5) is 11.4. The van der Waals surface area contributed by atoms with Gasteiger partial charge >= 0.3 is 0 Å².